The van der Waals surface area contributed by atoms with E-state index in [0.717, 1.165) is 0 Å². The minimum Gasteiger partial charge on any atom is -0.324 e. The van der Waals surface area contributed by atoms with Gasteiger partial charge in [-0.2, -0.15) is 0 Å². The van der Waals surface area contributed by atoms with Crippen molar-refractivity contribution in [3.05, 3.63) is 52.7 Å². The second kappa shape index (κ2) is 4.16. The summed E-state index contributed by atoms with van der Waals surface area (Å²) in [6, 6.07) is 6.73. The zero-order valence-electron chi connectivity index (χ0n) is 8.51. The summed E-state index contributed by atoms with van der Waals surface area (Å²) in [6.07, 6.45) is 3.18. The normalized spacial score (nSPS) is 10.3. The van der Waals surface area contributed by atoms with Gasteiger partial charge in [0, 0.05) is 18.0 Å². The zero-order chi connectivity index (χ0) is 11.5. The van der Waals surface area contributed by atoms with Gasteiger partial charge in [0.05, 0.1) is 12.2 Å². The van der Waals surface area contributed by atoms with Gasteiger partial charge in [-0.1, -0.05) is 0 Å². The maximum Gasteiger partial charge on any atom is 0.330 e. The first-order chi connectivity index (χ1) is 7.72. The Bertz CT molecular complexity index is 551. The quantitative estimate of drug-likeness (QED) is 0.726. The number of carbonyl (C=O) groups is 1. The van der Waals surface area contributed by atoms with Crippen molar-refractivity contribution in [3.63, 3.8) is 0 Å². The van der Waals surface area contributed by atoms with E-state index >= 15 is 0 Å². The van der Waals surface area contributed by atoms with E-state index in [2.05, 4.69) is 4.98 Å². The van der Waals surface area contributed by atoms with Crippen molar-refractivity contribution in [3.8, 4) is 5.69 Å². The number of hydrogen-bond donors (Lipinski definition) is 2. The molecule has 1 aromatic carbocycles. The van der Waals surface area contributed by atoms with Crippen LogP contribution in [0.1, 0.15) is 10.4 Å². The molecule has 2 rings (SSSR count). The molecule has 0 atom stereocenters. The van der Waals surface area contributed by atoms with Crippen molar-refractivity contribution in [2.24, 2.45) is 5.73 Å². The summed E-state index contributed by atoms with van der Waals surface area (Å²) >= 11 is 0. The fourth-order valence-electron chi connectivity index (χ4n) is 1.45. The largest absolute Gasteiger partial charge is 0.330 e. The number of nitrogens with one attached hydrogen (secondary N) is 1. The Balaban J connectivity index is 2.37. The second-order valence-corrected chi connectivity index (χ2v) is 3.31. The van der Waals surface area contributed by atoms with Gasteiger partial charge >= 0.3 is 5.69 Å². The number of aromatic amines is 1. The van der Waals surface area contributed by atoms with Gasteiger partial charge in [-0.3, -0.25) is 9.36 Å². The highest BCUT2D eigenvalue weighted by Gasteiger charge is 2.04. The number of hydrogen-bond acceptors (Lipinski definition) is 3. The summed E-state index contributed by atoms with van der Waals surface area (Å²) in [5, 5.41) is 0. The van der Waals surface area contributed by atoms with Crippen LogP contribution in [0.3, 0.4) is 0 Å². The molecule has 0 saturated carbocycles. The van der Waals surface area contributed by atoms with Gasteiger partial charge in [-0.15, -0.1) is 0 Å². The van der Waals surface area contributed by atoms with Crippen molar-refractivity contribution >= 4 is 5.78 Å². The van der Waals surface area contributed by atoms with Crippen LogP contribution in [0.25, 0.3) is 5.69 Å². The van der Waals surface area contributed by atoms with Crippen molar-refractivity contribution in [1.82, 2.24) is 9.55 Å². The Morgan fingerprint density at radius 1 is 1.31 bits per heavy atom. The van der Waals surface area contributed by atoms with Gasteiger partial charge in [0.15, 0.2) is 5.78 Å². The SMILES string of the molecule is NCC(=O)c1ccc(-n2cc[nH]c2=O)cc1. The molecule has 0 radical (unpaired) electrons. The van der Waals surface area contributed by atoms with E-state index < -0.39 is 0 Å². The molecule has 0 amide bonds. The van der Waals surface area contributed by atoms with Crippen LogP contribution in [-0.4, -0.2) is 21.9 Å². The third-order valence-corrected chi connectivity index (χ3v) is 2.30. The topological polar surface area (TPSA) is 80.9 Å². The van der Waals surface area contributed by atoms with E-state index in [-0.39, 0.29) is 18.0 Å². The molecule has 0 aliphatic heterocycles. The van der Waals surface area contributed by atoms with Gasteiger partial charge in [0.1, 0.15) is 0 Å². The molecule has 1 aromatic heterocycles. The first kappa shape index (κ1) is 10.4. The molecular weight excluding hydrogens is 206 g/mol. The van der Waals surface area contributed by atoms with Crippen LogP contribution < -0.4 is 11.4 Å². The van der Waals surface area contributed by atoms with Crippen LogP contribution in [0.4, 0.5) is 0 Å². The van der Waals surface area contributed by atoms with Gasteiger partial charge in [0.2, 0.25) is 0 Å². The van der Waals surface area contributed by atoms with Gasteiger partial charge in [-0.05, 0) is 24.3 Å². The predicted octanol–water partition coefficient (Wildman–Crippen LogP) is 0.307. The molecule has 0 bridgehead atoms. The second-order valence-electron chi connectivity index (χ2n) is 3.31. The molecule has 0 saturated heterocycles. The third-order valence-electron chi connectivity index (χ3n) is 2.30. The average molecular weight is 217 g/mol. The lowest BCUT2D eigenvalue weighted by Gasteiger charge is -2.02. The molecule has 16 heavy (non-hydrogen) atoms. The number of carbonyl (C=O) groups excluding carboxylic acids is 1. The third kappa shape index (κ3) is 1.80. The Morgan fingerprint density at radius 3 is 2.50 bits per heavy atom. The van der Waals surface area contributed by atoms with Crippen LogP contribution in [0.15, 0.2) is 41.5 Å². The number of aromatic nitrogens is 2. The number of nitrogens with two attached hydrogens (primary N) is 1. The van der Waals surface area contributed by atoms with Crippen molar-refractivity contribution in [1.29, 1.82) is 0 Å². The number of ketones is 1. The lowest BCUT2D eigenvalue weighted by molar-refractivity contribution is 0.100. The summed E-state index contributed by atoms with van der Waals surface area (Å²) in [5.74, 6) is -0.118. The van der Waals surface area contributed by atoms with Gasteiger partial charge in [-0.25, -0.2) is 4.79 Å². The van der Waals surface area contributed by atoms with Gasteiger partial charge in [0.25, 0.3) is 0 Å². The highest BCUT2D eigenvalue weighted by molar-refractivity contribution is 5.97. The van der Waals surface area contributed by atoms with E-state index in [1.807, 2.05) is 0 Å². The van der Waals surface area contributed by atoms with Crippen LogP contribution in [0.5, 0.6) is 0 Å². The molecule has 2 aromatic rings. The van der Waals surface area contributed by atoms with Crippen molar-refractivity contribution in [2.45, 2.75) is 0 Å². The number of Topliss-reactive ketones (excluding diaryl/α,β-unsaturated/α-hetero) is 1. The monoisotopic (exact) mass is 217 g/mol. The van der Waals surface area contributed by atoms with Crippen LogP contribution >= 0.6 is 0 Å². The Kier molecular flexibility index (Phi) is 2.70. The maximum absolute atomic E-state index is 11.3. The van der Waals surface area contributed by atoms with Gasteiger partial charge < -0.3 is 10.7 Å². The summed E-state index contributed by atoms with van der Waals surface area (Å²) in [5.41, 5.74) is 6.30. The summed E-state index contributed by atoms with van der Waals surface area (Å²) in [6.45, 7) is -0.0105. The molecule has 1 heterocycles. The standard InChI is InChI=1S/C11H11N3O2/c12-7-10(15)8-1-3-9(4-2-8)14-6-5-13-11(14)16/h1-6H,7,12H2,(H,13,16). The lowest BCUT2D eigenvalue weighted by atomic mass is 10.1. The predicted molar refractivity (Wildman–Crippen MR) is 59.8 cm³/mol. The molecule has 0 unspecified atom stereocenters. The maximum atomic E-state index is 11.3. The highest BCUT2D eigenvalue weighted by atomic mass is 16.1. The number of rotatable bonds is 3. The Morgan fingerprint density at radius 2 is 2.00 bits per heavy atom. The van der Waals surface area contributed by atoms with Crippen LogP contribution in [-0.2, 0) is 0 Å². The fraction of sp³-hybridized carbons (Fsp3) is 0.0909. The smallest absolute Gasteiger partial charge is 0.324 e. The number of imidazole rings is 1. The molecule has 3 N–H and O–H groups in total. The zero-order valence-corrected chi connectivity index (χ0v) is 8.51. The molecule has 5 heteroatoms. The van der Waals surface area contributed by atoms with Crippen LogP contribution in [0, 0.1) is 0 Å². The number of H-pyrrole nitrogens is 1. The molecule has 0 aliphatic rings. The summed E-state index contributed by atoms with van der Waals surface area (Å²) < 4.78 is 1.46. The average Bonchev–Trinajstić information content (AvgIpc) is 2.75. The fourth-order valence-corrected chi connectivity index (χ4v) is 1.45. The molecule has 5 nitrogen and oxygen atoms in total. The molecule has 0 aliphatic carbocycles. The first-order valence-corrected chi connectivity index (χ1v) is 4.82. The molecule has 0 spiro atoms. The Labute approximate surface area is 91.5 Å². The van der Waals surface area contributed by atoms with E-state index in [4.69, 9.17) is 5.73 Å². The van der Waals surface area contributed by atoms with Crippen LogP contribution in [0.2, 0.25) is 0 Å². The lowest BCUT2D eigenvalue weighted by Crippen LogP contribution is -2.15. The van der Waals surface area contributed by atoms with E-state index in [1.54, 1.807) is 36.7 Å². The first-order valence-electron chi connectivity index (χ1n) is 4.82. The Hall–Kier alpha value is -2.14. The van der Waals surface area contributed by atoms with Crippen molar-refractivity contribution in [2.75, 3.05) is 6.54 Å². The van der Waals surface area contributed by atoms with E-state index in [1.165, 1.54) is 4.57 Å². The van der Waals surface area contributed by atoms with E-state index in [0.29, 0.717) is 11.3 Å². The van der Waals surface area contributed by atoms with Crippen molar-refractivity contribution < 1.29 is 4.79 Å². The number of nitrogens with zero attached hydrogens (tertiary/aromatic N) is 1. The van der Waals surface area contributed by atoms with E-state index in [9.17, 15) is 9.59 Å². The summed E-state index contributed by atoms with van der Waals surface area (Å²) in [7, 11) is 0. The minimum atomic E-state index is -0.210. The molecule has 82 valence electrons. The number of benzene rings is 1. The highest BCUT2D eigenvalue weighted by Crippen LogP contribution is 2.07. The molecular formula is C11H11N3O2. The minimum absolute atomic E-state index is 0.0105. The molecule has 0 fully saturated rings. The summed E-state index contributed by atoms with van der Waals surface area (Å²) in [4.78, 5) is 25.1.